The lowest BCUT2D eigenvalue weighted by molar-refractivity contribution is -0.117. The van der Waals surface area contributed by atoms with Crippen LogP contribution < -0.4 is 10.6 Å². The minimum atomic E-state index is -0.264. The van der Waals surface area contributed by atoms with Crippen LogP contribution in [0.1, 0.15) is 23.2 Å². The average Bonchev–Trinajstić information content (AvgIpc) is 3.42. The van der Waals surface area contributed by atoms with E-state index in [1.807, 2.05) is 17.5 Å². The van der Waals surface area contributed by atoms with Gasteiger partial charge in [0.2, 0.25) is 5.91 Å². The van der Waals surface area contributed by atoms with Gasteiger partial charge < -0.3 is 5.32 Å². The van der Waals surface area contributed by atoms with E-state index in [0.29, 0.717) is 16.4 Å². The molecular formula is C19H16N4O2S. The molecule has 2 heterocycles. The third kappa shape index (κ3) is 3.78. The molecule has 1 fully saturated rings. The molecule has 2 aromatic heterocycles. The molecule has 0 spiro atoms. The molecule has 0 bridgehead atoms. The SMILES string of the molecule is O=C(Nc1nc(-c2cccnc2)cs1)c1cccc(NC(=O)C2CC2)c1. The van der Waals surface area contributed by atoms with Gasteiger partial charge >= 0.3 is 0 Å². The number of carbonyl (C=O) groups is 2. The normalized spacial score (nSPS) is 13.2. The summed E-state index contributed by atoms with van der Waals surface area (Å²) >= 11 is 1.35. The highest BCUT2D eigenvalue weighted by Crippen LogP contribution is 2.30. The Balaban J connectivity index is 1.45. The number of thiazole rings is 1. The molecule has 7 heteroatoms. The van der Waals surface area contributed by atoms with Crippen LogP contribution in [0.3, 0.4) is 0 Å². The van der Waals surface area contributed by atoms with Crippen molar-refractivity contribution in [2.24, 2.45) is 5.92 Å². The maximum absolute atomic E-state index is 12.5. The van der Waals surface area contributed by atoms with Crippen molar-refractivity contribution >= 4 is 34.0 Å². The van der Waals surface area contributed by atoms with E-state index in [1.165, 1.54) is 11.3 Å². The van der Waals surface area contributed by atoms with E-state index in [1.54, 1.807) is 36.7 Å². The van der Waals surface area contributed by atoms with Gasteiger partial charge in [-0.3, -0.25) is 19.9 Å². The first-order valence-corrected chi connectivity index (χ1v) is 9.15. The van der Waals surface area contributed by atoms with Crippen molar-refractivity contribution in [1.82, 2.24) is 9.97 Å². The van der Waals surface area contributed by atoms with E-state index >= 15 is 0 Å². The van der Waals surface area contributed by atoms with E-state index in [9.17, 15) is 9.59 Å². The number of amides is 2. The summed E-state index contributed by atoms with van der Waals surface area (Å²) in [5.74, 6) is -0.128. The Morgan fingerprint density at radius 3 is 2.77 bits per heavy atom. The maximum atomic E-state index is 12.5. The van der Waals surface area contributed by atoms with Crippen LogP contribution in [0.25, 0.3) is 11.3 Å². The summed E-state index contributed by atoms with van der Waals surface area (Å²) in [6, 6.07) is 10.7. The lowest BCUT2D eigenvalue weighted by Gasteiger charge is -2.07. The molecular weight excluding hydrogens is 348 g/mol. The van der Waals surface area contributed by atoms with E-state index in [2.05, 4.69) is 20.6 Å². The monoisotopic (exact) mass is 364 g/mol. The smallest absolute Gasteiger partial charge is 0.257 e. The lowest BCUT2D eigenvalue weighted by Crippen LogP contribution is -2.15. The topological polar surface area (TPSA) is 84.0 Å². The van der Waals surface area contributed by atoms with Gasteiger partial charge in [0.25, 0.3) is 5.91 Å². The van der Waals surface area contributed by atoms with Gasteiger partial charge in [-0.1, -0.05) is 6.07 Å². The largest absolute Gasteiger partial charge is 0.326 e. The summed E-state index contributed by atoms with van der Waals surface area (Å²) in [7, 11) is 0. The summed E-state index contributed by atoms with van der Waals surface area (Å²) in [6.45, 7) is 0. The average molecular weight is 364 g/mol. The molecule has 6 nitrogen and oxygen atoms in total. The molecule has 0 saturated heterocycles. The first-order chi connectivity index (χ1) is 12.7. The number of nitrogens with zero attached hydrogens (tertiary/aromatic N) is 2. The number of aromatic nitrogens is 2. The molecule has 0 radical (unpaired) electrons. The van der Waals surface area contributed by atoms with Gasteiger partial charge in [0.1, 0.15) is 0 Å². The second-order valence-corrected chi connectivity index (χ2v) is 6.94. The fourth-order valence-corrected chi connectivity index (χ4v) is 3.19. The van der Waals surface area contributed by atoms with E-state index in [4.69, 9.17) is 0 Å². The van der Waals surface area contributed by atoms with E-state index < -0.39 is 0 Å². The Labute approximate surface area is 154 Å². The Morgan fingerprint density at radius 1 is 1.12 bits per heavy atom. The second kappa shape index (κ2) is 7.05. The number of carbonyl (C=O) groups excluding carboxylic acids is 2. The molecule has 3 aromatic rings. The highest BCUT2D eigenvalue weighted by atomic mass is 32.1. The minimum absolute atomic E-state index is 0.0172. The number of nitrogens with one attached hydrogen (secondary N) is 2. The van der Waals surface area contributed by atoms with Crippen LogP contribution >= 0.6 is 11.3 Å². The summed E-state index contributed by atoms with van der Waals surface area (Å²) in [5, 5.41) is 8.04. The van der Waals surface area contributed by atoms with E-state index in [-0.39, 0.29) is 17.7 Å². The summed E-state index contributed by atoms with van der Waals surface area (Å²) < 4.78 is 0. The van der Waals surface area contributed by atoms with Crippen LogP contribution in [0.15, 0.2) is 54.2 Å². The van der Waals surface area contributed by atoms with Gasteiger partial charge in [-0.05, 0) is 43.2 Å². The molecule has 1 aliphatic rings. The number of benzene rings is 1. The van der Waals surface area contributed by atoms with Crippen LogP contribution in [0.2, 0.25) is 0 Å². The third-order valence-electron chi connectivity index (χ3n) is 4.02. The van der Waals surface area contributed by atoms with Gasteiger partial charge in [0, 0.05) is 40.5 Å². The van der Waals surface area contributed by atoms with Crippen LogP contribution in [0.4, 0.5) is 10.8 Å². The zero-order valence-electron chi connectivity index (χ0n) is 13.8. The highest BCUT2D eigenvalue weighted by molar-refractivity contribution is 7.14. The lowest BCUT2D eigenvalue weighted by atomic mass is 10.2. The molecule has 4 rings (SSSR count). The molecule has 0 unspecified atom stereocenters. The quantitative estimate of drug-likeness (QED) is 0.721. The Kier molecular flexibility index (Phi) is 4.45. The predicted octanol–water partition coefficient (Wildman–Crippen LogP) is 3.81. The molecule has 26 heavy (non-hydrogen) atoms. The van der Waals surface area contributed by atoms with Crippen molar-refractivity contribution in [3.63, 3.8) is 0 Å². The molecule has 1 aromatic carbocycles. The van der Waals surface area contributed by atoms with E-state index in [0.717, 1.165) is 24.1 Å². The van der Waals surface area contributed by atoms with Gasteiger partial charge in [-0.15, -0.1) is 11.3 Å². The molecule has 0 atom stereocenters. The Bertz CT molecular complexity index is 951. The molecule has 130 valence electrons. The zero-order valence-corrected chi connectivity index (χ0v) is 14.6. The van der Waals surface area contributed by atoms with Gasteiger partial charge in [-0.25, -0.2) is 4.98 Å². The zero-order chi connectivity index (χ0) is 17.9. The molecule has 1 aliphatic carbocycles. The number of pyridine rings is 1. The number of hydrogen-bond acceptors (Lipinski definition) is 5. The van der Waals surface area contributed by atoms with Crippen molar-refractivity contribution in [2.75, 3.05) is 10.6 Å². The fourth-order valence-electron chi connectivity index (χ4n) is 2.48. The summed E-state index contributed by atoms with van der Waals surface area (Å²) in [4.78, 5) is 32.8. The van der Waals surface area contributed by atoms with Crippen LogP contribution in [-0.2, 0) is 4.79 Å². The van der Waals surface area contributed by atoms with Crippen molar-refractivity contribution in [3.05, 3.63) is 59.7 Å². The number of hydrogen-bond donors (Lipinski definition) is 2. The van der Waals surface area contributed by atoms with Gasteiger partial charge in [0.05, 0.1) is 5.69 Å². The van der Waals surface area contributed by atoms with Gasteiger partial charge in [0.15, 0.2) is 5.13 Å². The standard InChI is InChI=1S/C19H16N4O2S/c24-17(12-6-7-12)21-15-5-1-3-13(9-15)18(25)23-19-22-16(11-26-19)14-4-2-8-20-10-14/h1-5,8-12H,6-7H2,(H,21,24)(H,22,23,25). The summed E-state index contributed by atoms with van der Waals surface area (Å²) in [5.41, 5.74) is 2.76. The maximum Gasteiger partial charge on any atom is 0.257 e. The fraction of sp³-hybridized carbons (Fsp3) is 0.158. The first kappa shape index (κ1) is 16.4. The van der Waals surface area contributed by atoms with Crippen molar-refractivity contribution in [3.8, 4) is 11.3 Å². The number of anilines is 2. The Hall–Kier alpha value is -3.06. The Morgan fingerprint density at radius 2 is 2.00 bits per heavy atom. The third-order valence-corrected chi connectivity index (χ3v) is 4.78. The van der Waals surface area contributed by atoms with Crippen molar-refractivity contribution in [1.29, 1.82) is 0 Å². The van der Waals surface area contributed by atoms with Crippen molar-refractivity contribution < 1.29 is 9.59 Å². The molecule has 1 saturated carbocycles. The van der Waals surface area contributed by atoms with Gasteiger partial charge in [-0.2, -0.15) is 0 Å². The van der Waals surface area contributed by atoms with Crippen molar-refractivity contribution in [2.45, 2.75) is 12.8 Å². The van der Waals surface area contributed by atoms with Crippen LogP contribution in [0.5, 0.6) is 0 Å². The molecule has 0 aliphatic heterocycles. The molecule has 2 amide bonds. The minimum Gasteiger partial charge on any atom is -0.326 e. The highest BCUT2D eigenvalue weighted by Gasteiger charge is 2.29. The predicted molar refractivity (Wildman–Crippen MR) is 101 cm³/mol. The van der Waals surface area contributed by atoms with Crippen LogP contribution in [0, 0.1) is 5.92 Å². The molecule has 2 N–H and O–H groups in total. The summed E-state index contributed by atoms with van der Waals surface area (Å²) in [6.07, 6.45) is 5.31. The first-order valence-electron chi connectivity index (χ1n) is 8.27. The number of rotatable bonds is 5. The second-order valence-electron chi connectivity index (χ2n) is 6.08. The van der Waals surface area contributed by atoms with Crippen LogP contribution in [-0.4, -0.2) is 21.8 Å².